The summed E-state index contributed by atoms with van der Waals surface area (Å²) in [6.45, 7) is 0.354. The highest BCUT2D eigenvalue weighted by molar-refractivity contribution is 5.94. The summed E-state index contributed by atoms with van der Waals surface area (Å²) in [5, 5.41) is 27.1. The molecule has 11 N–H and O–H groups in total. The molecule has 43 heavy (non-hydrogen) atoms. The van der Waals surface area contributed by atoms with Crippen LogP contribution in [0.25, 0.3) is 10.9 Å². The quantitative estimate of drug-likeness (QED) is 0.0851. The number of hydrogen-bond donors (Lipinski definition) is 9. The standard InChI is InChI=1S/C28H38N8O7/c29-10-4-3-7-22(28(42)43)35-26(40)21(8-9-24(37)38)34-27(41)23(12-17-14-31-15-33-17)36-25(39)19(30)11-16-13-32-20-6-2-1-5-18(16)20/h1-2,5-6,13-15,19,21-23,32H,3-4,7-12,29-30H2,(H,31,33)(H,34,41)(H,35,40)(H,36,39)(H,37,38)(H,42,43). The first-order valence-corrected chi connectivity index (χ1v) is 13.9. The zero-order valence-electron chi connectivity index (χ0n) is 23.5. The number of aromatic amines is 2. The fourth-order valence-corrected chi connectivity index (χ4v) is 4.57. The molecule has 0 bridgehead atoms. The number of nitrogens with one attached hydrogen (secondary N) is 5. The van der Waals surface area contributed by atoms with Crippen LogP contribution >= 0.6 is 0 Å². The fourth-order valence-electron chi connectivity index (χ4n) is 4.57. The van der Waals surface area contributed by atoms with Gasteiger partial charge in [-0.05, 0) is 50.3 Å². The molecule has 0 aliphatic rings. The molecule has 3 rings (SSSR count). The molecule has 0 spiro atoms. The third-order valence-electron chi connectivity index (χ3n) is 6.90. The molecule has 4 atom stereocenters. The van der Waals surface area contributed by atoms with Gasteiger partial charge in [0.25, 0.3) is 0 Å². The van der Waals surface area contributed by atoms with Gasteiger partial charge >= 0.3 is 11.9 Å². The average Bonchev–Trinajstić information content (AvgIpc) is 3.64. The summed E-state index contributed by atoms with van der Waals surface area (Å²) < 4.78 is 0. The number of nitrogens with two attached hydrogens (primary N) is 2. The second kappa shape index (κ2) is 16.0. The number of H-pyrrole nitrogens is 2. The van der Waals surface area contributed by atoms with Crippen LogP contribution in [0, 0.1) is 0 Å². The largest absolute Gasteiger partial charge is 0.481 e. The van der Waals surface area contributed by atoms with Crippen LogP contribution in [-0.2, 0) is 36.8 Å². The number of carboxylic acid groups (broad SMARTS) is 2. The number of nitrogens with zero attached hydrogens (tertiary/aromatic N) is 1. The van der Waals surface area contributed by atoms with Crippen LogP contribution in [0.15, 0.2) is 43.0 Å². The SMILES string of the molecule is NCCCCC(NC(=O)C(CCC(=O)O)NC(=O)C(Cc1cnc[nH]1)NC(=O)C(N)Cc1c[nH]c2ccccc12)C(=O)O. The van der Waals surface area contributed by atoms with E-state index in [0.717, 1.165) is 16.5 Å². The average molecular weight is 599 g/mol. The van der Waals surface area contributed by atoms with Gasteiger partial charge in [0, 0.05) is 41.8 Å². The van der Waals surface area contributed by atoms with Crippen LogP contribution in [0.2, 0.25) is 0 Å². The number of hydrogen-bond acceptors (Lipinski definition) is 8. The first kappa shape index (κ1) is 32.8. The molecule has 15 heteroatoms. The van der Waals surface area contributed by atoms with Crippen molar-refractivity contribution in [3.05, 3.63) is 54.2 Å². The Morgan fingerprint density at radius 3 is 2.23 bits per heavy atom. The Morgan fingerprint density at radius 2 is 1.56 bits per heavy atom. The Bertz CT molecular complexity index is 1390. The predicted molar refractivity (Wildman–Crippen MR) is 155 cm³/mol. The fraction of sp³-hybridized carbons (Fsp3) is 0.429. The summed E-state index contributed by atoms with van der Waals surface area (Å²) in [6.07, 6.45) is 5.07. The van der Waals surface area contributed by atoms with Crippen molar-refractivity contribution >= 4 is 40.6 Å². The van der Waals surface area contributed by atoms with Crippen LogP contribution in [0.3, 0.4) is 0 Å². The molecule has 4 unspecified atom stereocenters. The number of para-hydroxylation sites is 1. The van der Waals surface area contributed by atoms with Crippen molar-refractivity contribution in [3.8, 4) is 0 Å². The lowest BCUT2D eigenvalue weighted by molar-refractivity contribution is -0.143. The molecule has 2 heterocycles. The van der Waals surface area contributed by atoms with E-state index in [-0.39, 0.29) is 25.7 Å². The Labute approximate surface area is 247 Å². The molecule has 3 amide bonds. The first-order valence-electron chi connectivity index (χ1n) is 13.9. The van der Waals surface area contributed by atoms with Crippen LogP contribution in [0.1, 0.15) is 43.4 Å². The number of rotatable bonds is 18. The molecule has 0 fully saturated rings. The van der Waals surface area contributed by atoms with Crippen molar-refractivity contribution in [2.75, 3.05) is 6.54 Å². The molecule has 3 aromatic rings. The van der Waals surface area contributed by atoms with Crippen molar-refractivity contribution in [1.82, 2.24) is 30.9 Å². The van der Waals surface area contributed by atoms with E-state index in [0.29, 0.717) is 25.1 Å². The summed E-state index contributed by atoms with van der Waals surface area (Å²) in [5.41, 5.74) is 13.9. The van der Waals surface area contributed by atoms with E-state index in [1.165, 1.54) is 12.5 Å². The topological polar surface area (TPSA) is 258 Å². The van der Waals surface area contributed by atoms with Crippen molar-refractivity contribution in [1.29, 1.82) is 0 Å². The molecule has 0 aliphatic heterocycles. The number of carbonyl (C=O) groups is 5. The number of fused-ring (bicyclic) bond motifs is 1. The smallest absolute Gasteiger partial charge is 0.326 e. The molecule has 0 aliphatic carbocycles. The van der Waals surface area contributed by atoms with E-state index in [2.05, 4.69) is 30.9 Å². The van der Waals surface area contributed by atoms with Gasteiger partial charge in [0.15, 0.2) is 0 Å². The van der Waals surface area contributed by atoms with Crippen LogP contribution < -0.4 is 27.4 Å². The van der Waals surface area contributed by atoms with Gasteiger partial charge in [-0.3, -0.25) is 19.2 Å². The lowest BCUT2D eigenvalue weighted by Gasteiger charge is -2.25. The minimum atomic E-state index is -1.39. The molecule has 0 saturated carbocycles. The summed E-state index contributed by atoms with van der Waals surface area (Å²) in [4.78, 5) is 72.5. The van der Waals surface area contributed by atoms with Gasteiger partial charge in [-0.1, -0.05) is 18.2 Å². The lowest BCUT2D eigenvalue weighted by atomic mass is 10.0. The van der Waals surface area contributed by atoms with Gasteiger partial charge in [0.1, 0.15) is 18.1 Å². The number of benzene rings is 1. The third kappa shape index (κ3) is 9.93. The maximum absolute atomic E-state index is 13.4. The Balaban J connectivity index is 1.74. The zero-order valence-corrected chi connectivity index (χ0v) is 23.5. The first-order chi connectivity index (χ1) is 20.6. The monoisotopic (exact) mass is 598 g/mol. The molecule has 0 saturated heterocycles. The van der Waals surface area contributed by atoms with Crippen molar-refractivity contribution in [2.45, 2.75) is 69.1 Å². The number of aliphatic carboxylic acids is 2. The number of aromatic nitrogens is 3. The van der Waals surface area contributed by atoms with Gasteiger partial charge in [-0.15, -0.1) is 0 Å². The summed E-state index contributed by atoms with van der Waals surface area (Å²) >= 11 is 0. The van der Waals surface area contributed by atoms with E-state index in [9.17, 15) is 34.2 Å². The maximum Gasteiger partial charge on any atom is 0.326 e. The van der Waals surface area contributed by atoms with Crippen molar-refractivity contribution in [2.24, 2.45) is 11.5 Å². The second-order valence-electron chi connectivity index (χ2n) is 10.2. The van der Waals surface area contributed by atoms with Gasteiger partial charge in [0.2, 0.25) is 17.7 Å². The predicted octanol–water partition coefficient (Wildman–Crippen LogP) is -0.464. The van der Waals surface area contributed by atoms with E-state index in [1.807, 2.05) is 24.3 Å². The van der Waals surface area contributed by atoms with Gasteiger partial charge in [-0.2, -0.15) is 0 Å². The van der Waals surface area contributed by atoms with Crippen LogP contribution in [0.5, 0.6) is 0 Å². The highest BCUT2D eigenvalue weighted by atomic mass is 16.4. The van der Waals surface area contributed by atoms with E-state index in [4.69, 9.17) is 11.5 Å². The van der Waals surface area contributed by atoms with Gasteiger partial charge in [0.05, 0.1) is 12.4 Å². The zero-order chi connectivity index (χ0) is 31.4. The molecule has 1 aromatic carbocycles. The van der Waals surface area contributed by atoms with Crippen LogP contribution in [0.4, 0.5) is 0 Å². The molecule has 0 radical (unpaired) electrons. The van der Waals surface area contributed by atoms with Gasteiger partial charge < -0.3 is 47.6 Å². The Hall–Kier alpha value is -4.76. The second-order valence-corrected chi connectivity index (χ2v) is 10.2. The van der Waals surface area contributed by atoms with E-state index >= 15 is 0 Å². The number of imidazole rings is 1. The normalized spacial score (nSPS) is 13.9. The molecular weight excluding hydrogens is 560 g/mol. The van der Waals surface area contributed by atoms with E-state index < -0.39 is 60.2 Å². The third-order valence-corrected chi connectivity index (χ3v) is 6.90. The summed E-state index contributed by atoms with van der Waals surface area (Å²) in [7, 11) is 0. The number of carbonyl (C=O) groups excluding carboxylic acids is 3. The highest BCUT2D eigenvalue weighted by Gasteiger charge is 2.31. The lowest BCUT2D eigenvalue weighted by Crippen LogP contribution is -2.57. The van der Waals surface area contributed by atoms with Gasteiger partial charge in [-0.25, -0.2) is 9.78 Å². The molecule has 232 valence electrons. The minimum absolute atomic E-state index is 0.0402. The van der Waals surface area contributed by atoms with Crippen molar-refractivity contribution in [3.63, 3.8) is 0 Å². The van der Waals surface area contributed by atoms with E-state index in [1.54, 1.807) is 6.20 Å². The molecular formula is C28H38N8O7. The highest BCUT2D eigenvalue weighted by Crippen LogP contribution is 2.19. The van der Waals surface area contributed by atoms with Crippen LogP contribution in [-0.4, -0.2) is 85.5 Å². The summed E-state index contributed by atoms with van der Waals surface area (Å²) in [6, 6.07) is 2.65. The molecule has 2 aromatic heterocycles. The maximum atomic E-state index is 13.4. The number of amides is 3. The number of carboxylic acids is 2. The summed E-state index contributed by atoms with van der Waals surface area (Å²) in [5.74, 6) is -4.76. The minimum Gasteiger partial charge on any atom is -0.481 e. The number of unbranched alkanes of at least 4 members (excludes halogenated alkanes) is 1. The van der Waals surface area contributed by atoms with Crippen molar-refractivity contribution < 1.29 is 34.2 Å². The molecule has 15 nitrogen and oxygen atoms in total. The Morgan fingerprint density at radius 1 is 0.860 bits per heavy atom. The Kier molecular flexibility index (Phi) is 12.2.